The van der Waals surface area contributed by atoms with Crippen LogP contribution in [-0.4, -0.2) is 13.2 Å². The van der Waals surface area contributed by atoms with Gasteiger partial charge < -0.3 is 9.47 Å². The van der Waals surface area contributed by atoms with Gasteiger partial charge in [0.1, 0.15) is 23.4 Å². The van der Waals surface area contributed by atoms with E-state index in [4.69, 9.17) is 9.47 Å². The van der Waals surface area contributed by atoms with Crippen molar-refractivity contribution in [2.75, 3.05) is 7.11 Å². The minimum atomic E-state index is -0.230. The van der Waals surface area contributed by atoms with Gasteiger partial charge in [-0.15, -0.1) is 0 Å². The largest absolute Gasteiger partial charge is 0.496 e. The van der Waals surface area contributed by atoms with Gasteiger partial charge in [0.15, 0.2) is 0 Å². The quantitative estimate of drug-likeness (QED) is 0.763. The van der Waals surface area contributed by atoms with Crippen LogP contribution in [0.5, 0.6) is 11.5 Å². The van der Waals surface area contributed by atoms with Crippen LogP contribution in [0, 0.1) is 12.7 Å². The first kappa shape index (κ1) is 16.1. The molecule has 0 N–H and O–H groups in total. The van der Waals surface area contributed by atoms with Gasteiger partial charge in [-0.05, 0) is 31.5 Å². The van der Waals surface area contributed by atoms with Crippen molar-refractivity contribution in [1.29, 1.82) is 0 Å². The maximum Gasteiger partial charge on any atom is 0.133 e. The highest BCUT2D eigenvalue weighted by molar-refractivity contribution is 5.55. The molecule has 2 nitrogen and oxygen atoms in total. The van der Waals surface area contributed by atoms with Crippen molar-refractivity contribution in [1.82, 2.24) is 0 Å². The van der Waals surface area contributed by atoms with Crippen LogP contribution < -0.4 is 9.47 Å². The maximum atomic E-state index is 14.3. The zero-order chi connectivity index (χ0) is 16.1. The highest BCUT2D eigenvalue weighted by atomic mass is 19.1. The Morgan fingerprint density at radius 3 is 2.59 bits per heavy atom. The van der Waals surface area contributed by atoms with Crippen LogP contribution >= 0.6 is 0 Å². The van der Waals surface area contributed by atoms with Gasteiger partial charge in [-0.2, -0.15) is 0 Å². The first-order valence-electron chi connectivity index (χ1n) is 7.27. The molecule has 0 spiro atoms. The molecule has 0 aliphatic carbocycles. The molecule has 0 radical (unpaired) electrons. The van der Waals surface area contributed by atoms with Gasteiger partial charge in [0.05, 0.1) is 7.11 Å². The van der Waals surface area contributed by atoms with E-state index in [1.54, 1.807) is 32.2 Å². The zero-order valence-corrected chi connectivity index (χ0v) is 13.2. The first-order chi connectivity index (χ1) is 10.6. The molecule has 0 saturated carbocycles. The molecule has 0 aromatic heterocycles. The lowest BCUT2D eigenvalue weighted by atomic mass is 10.0. The van der Waals surface area contributed by atoms with E-state index in [0.29, 0.717) is 23.3 Å². The highest BCUT2D eigenvalue weighted by Crippen LogP contribution is 2.26. The second-order valence-corrected chi connectivity index (χ2v) is 5.24. The molecular weight excluding hydrogens is 279 g/mol. The van der Waals surface area contributed by atoms with Crippen LogP contribution in [0.15, 0.2) is 43.0 Å². The molecule has 2 aromatic carbocycles. The average Bonchev–Trinajstić information content (AvgIpc) is 2.52. The Labute approximate surface area is 131 Å². The summed E-state index contributed by atoms with van der Waals surface area (Å²) in [5.41, 5.74) is 2.08. The SMILES string of the molecule is C=Cc1ccccc1OC(C)Cc1ccc(OC)c(C)c1F. The summed E-state index contributed by atoms with van der Waals surface area (Å²) >= 11 is 0. The van der Waals surface area contributed by atoms with Crippen molar-refractivity contribution in [2.45, 2.75) is 26.4 Å². The van der Waals surface area contributed by atoms with Gasteiger partial charge >= 0.3 is 0 Å². The number of hydrogen-bond donors (Lipinski definition) is 0. The van der Waals surface area contributed by atoms with Crippen molar-refractivity contribution in [3.05, 3.63) is 65.5 Å². The summed E-state index contributed by atoms with van der Waals surface area (Å²) in [4.78, 5) is 0. The normalized spacial score (nSPS) is 11.8. The minimum Gasteiger partial charge on any atom is -0.496 e. The smallest absolute Gasteiger partial charge is 0.133 e. The van der Waals surface area contributed by atoms with Gasteiger partial charge in [-0.1, -0.05) is 36.9 Å². The van der Waals surface area contributed by atoms with Gasteiger partial charge in [-0.25, -0.2) is 4.39 Å². The molecule has 1 atom stereocenters. The molecule has 0 amide bonds. The molecule has 0 fully saturated rings. The van der Waals surface area contributed by atoms with Crippen LogP contribution in [0.25, 0.3) is 6.08 Å². The van der Waals surface area contributed by atoms with Crippen molar-refractivity contribution in [3.8, 4) is 11.5 Å². The Hall–Kier alpha value is -2.29. The molecule has 2 rings (SSSR count). The first-order valence-corrected chi connectivity index (χ1v) is 7.27. The van der Waals surface area contributed by atoms with E-state index in [2.05, 4.69) is 6.58 Å². The molecule has 0 aliphatic rings. The average molecular weight is 300 g/mol. The molecular formula is C19H21FO2. The Kier molecular flexibility index (Phi) is 5.21. The van der Waals surface area contributed by atoms with Crippen molar-refractivity contribution >= 4 is 6.08 Å². The fraction of sp³-hybridized carbons (Fsp3) is 0.263. The number of benzene rings is 2. The third kappa shape index (κ3) is 3.48. The molecule has 116 valence electrons. The molecule has 22 heavy (non-hydrogen) atoms. The van der Waals surface area contributed by atoms with Crippen molar-refractivity contribution in [3.63, 3.8) is 0 Å². The van der Waals surface area contributed by atoms with E-state index >= 15 is 0 Å². The number of para-hydroxylation sites is 1. The molecule has 0 saturated heterocycles. The Morgan fingerprint density at radius 2 is 1.91 bits per heavy atom. The molecule has 3 heteroatoms. The predicted molar refractivity (Wildman–Crippen MR) is 88.0 cm³/mol. The second kappa shape index (κ2) is 7.12. The van der Waals surface area contributed by atoms with E-state index in [9.17, 15) is 4.39 Å². The summed E-state index contributed by atoms with van der Waals surface area (Å²) in [6.07, 6.45) is 2.09. The maximum absolute atomic E-state index is 14.3. The predicted octanol–water partition coefficient (Wildman–Crippen LogP) is 4.80. The molecule has 0 aliphatic heterocycles. The molecule has 1 unspecified atom stereocenters. The van der Waals surface area contributed by atoms with E-state index in [0.717, 1.165) is 11.3 Å². The number of ether oxygens (including phenoxy) is 2. The topological polar surface area (TPSA) is 18.5 Å². The number of halogens is 1. The van der Waals surface area contributed by atoms with E-state index in [1.807, 2.05) is 31.2 Å². The summed E-state index contributed by atoms with van der Waals surface area (Å²) < 4.78 is 25.4. The van der Waals surface area contributed by atoms with Crippen LogP contribution in [-0.2, 0) is 6.42 Å². The van der Waals surface area contributed by atoms with E-state index < -0.39 is 0 Å². The third-order valence-electron chi connectivity index (χ3n) is 3.61. The number of rotatable bonds is 6. The number of methoxy groups -OCH3 is 1. The van der Waals surface area contributed by atoms with Crippen LogP contribution in [0.3, 0.4) is 0 Å². The second-order valence-electron chi connectivity index (χ2n) is 5.24. The summed E-state index contributed by atoms with van der Waals surface area (Å²) in [5, 5.41) is 0. The fourth-order valence-electron chi connectivity index (χ4n) is 2.43. The Bertz CT molecular complexity index is 664. The van der Waals surface area contributed by atoms with Crippen molar-refractivity contribution < 1.29 is 13.9 Å². The van der Waals surface area contributed by atoms with E-state index in [1.165, 1.54) is 0 Å². The molecule has 2 aromatic rings. The number of hydrogen-bond acceptors (Lipinski definition) is 2. The lowest BCUT2D eigenvalue weighted by Crippen LogP contribution is -2.16. The van der Waals surface area contributed by atoms with Crippen LogP contribution in [0.4, 0.5) is 4.39 Å². The van der Waals surface area contributed by atoms with E-state index in [-0.39, 0.29) is 11.9 Å². The Balaban J connectivity index is 2.14. The fourth-order valence-corrected chi connectivity index (χ4v) is 2.43. The Morgan fingerprint density at radius 1 is 1.18 bits per heavy atom. The lowest BCUT2D eigenvalue weighted by molar-refractivity contribution is 0.220. The van der Waals surface area contributed by atoms with Crippen LogP contribution in [0.1, 0.15) is 23.6 Å². The van der Waals surface area contributed by atoms with Gasteiger partial charge in [0.2, 0.25) is 0 Å². The highest BCUT2D eigenvalue weighted by Gasteiger charge is 2.14. The van der Waals surface area contributed by atoms with Crippen LogP contribution in [0.2, 0.25) is 0 Å². The minimum absolute atomic E-state index is 0.150. The zero-order valence-electron chi connectivity index (χ0n) is 13.2. The summed E-state index contributed by atoms with van der Waals surface area (Å²) in [6, 6.07) is 11.2. The van der Waals surface area contributed by atoms with Gasteiger partial charge in [0, 0.05) is 17.5 Å². The van der Waals surface area contributed by atoms with Gasteiger partial charge in [0.25, 0.3) is 0 Å². The monoisotopic (exact) mass is 300 g/mol. The molecule has 0 bridgehead atoms. The summed E-state index contributed by atoms with van der Waals surface area (Å²) in [6.45, 7) is 7.42. The molecule has 0 heterocycles. The summed E-state index contributed by atoms with van der Waals surface area (Å²) in [5.74, 6) is 1.09. The van der Waals surface area contributed by atoms with Gasteiger partial charge in [-0.3, -0.25) is 0 Å². The third-order valence-corrected chi connectivity index (χ3v) is 3.61. The summed E-state index contributed by atoms with van der Waals surface area (Å²) in [7, 11) is 1.54. The standard InChI is InChI=1S/C19H21FO2/c1-5-15-8-6-7-9-18(15)22-13(2)12-16-10-11-17(21-4)14(3)19(16)20/h5-11,13H,1,12H2,2-4H3. The van der Waals surface area contributed by atoms with Crippen molar-refractivity contribution in [2.24, 2.45) is 0 Å². The lowest BCUT2D eigenvalue weighted by Gasteiger charge is -2.18.